The zero-order chi connectivity index (χ0) is 24.9. The fourth-order valence-corrected chi connectivity index (χ4v) is 4.65. The van der Waals surface area contributed by atoms with Gasteiger partial charge in [-0.1, -0.05) is 29.8 Å². The van der Waals surface area contributed by atoms with Crippen molar-refractivity contribution in [2.24, 2.45) is 5.92 Å². The standard InChI is InChI=1S/C28H25ClFN3O3/c29-21-6-10-24(11-7-21)35-25-12-8-23(9-13-25)33-27(20-4-1-5-22(30)15-20)26(36-28(33)34)18-32-17-19-3-2-14-31-16-19/h1-14,16,20,26-27,32H,15,17-18H2/t20?,26-,27-/m0/s1. The molecule has 3 atom stereocenters. The topological polar surface area (TPSA) is 63.7 Å². The summed E-state index contributed by atoms with van der Waals surface area (Å²) in [5.74, 6) is 0.832. The number of carbonyl (C=O) groups excluding carboxylic acids is 1. The lowest BCUT2D eigenvalue weighted by Crippen LogP contribution is -2.45. The van der Waals surface area contributed by atoms with Gasteiger partial charge >= 0.3 is 6.09 Å². The molecular weight excluding hydrogens is 481 g/mol. The fourth-order valence-electron chi connectivity index (χ4n) is 4.52. The Kier molecular flexibility index (Phi) is 7.30. The highest BCUT2D eigenvalue weighted by atomic mass is 35.5. The maximum absolute atomic E-state index is 14.2. The number of anilines is 1. The number of hydrogen-bond donors (Lipinski definition) is 1. The number of amides is 1. The number of cyclic esters (lactones) is 1. The fraction of sp³-hybridized carbons (Fsp3) is 0.214. The molecule has 1 amide bonds. The quantitative estimate of drug-likeness (QED) is 0.381. The molecule has 36 heavy (non-hydrogen) atoms. The van der Waals surface area contributed by atoms with E-state index in [1.54, 1.807) is 59.8 Å². The Bertz CT molecular complexity index is 1250. The molecule has 1 unspecified atom stereocenters. The minimum Gasteiger partial charge on any atom is -0.457 e. The summed E-state index contributed by atoms with van der Waals surface area (Å²) >= 11 is 5.94. The zero-order valence-electron chi connectivity index (χ0n) is 19.4. The van der Waals surface area contributed by atoms with Crippen molar-refractivity contribution in [3.05, 3.63) is 108 Å². The van der Waals surface area contributed by atoms with E-state index in [2.05, 4.69) is 10.3 Å². The monoisotopic (exact) mass is 505 g/mol. The van der Waals surface area contributed by atoms with Crippen LogP contribution in [-0.2, 0) is 11.3 Å². The molecule has 0 bridgehead atoms. The van der Waals surface area contributed by atoms with Crippen molar-refractivity contribution in [1.82, 2.24) is 10.3 Å². The molecule has 6 nitrogen and oxygen atoms in total. The molecule has 1 fully saturated rings. The van der Waals surface area contributed by atoms with Crippen molar-refractivity contribution in [2.75, 3.05) is 11.4 Å². The van der Waals surface area contributed by atoms with E-state index in [-0.39, 0.29) is 24.2 Å². The van der Waals surface area contributed by atoms with Crippen molar-refractivity contribution in [1.29, 1.82) is 0 Å². The molecular formula is C28H25ClFN3O3. The normalized spacial score (nSPS) is 21.3. The summed E-state index contributed by atoms with van der Waals surface area (Å²) in [5, 5.41) is 3.98. The maximum Gasteiger partial charge on any atom is 0.415 e. The van der Waals surface area contributed by atoms with Crippen LogP contribution in [0.2, 0.25) is 5.02 Å². The predicted octanol–water partition coefficient (Wildman–Crippen LogP) is 6.44. The van der Waals surface area contributed by atoms with Crippen molar-refractivity contribution in [3.8, 4) is 11.5 Å². The highest BCUT2D eigenvalue weighted by Gasteiger charge is 2.46. The van der Waals surface area contributed by atoms with Crippen molar-refractivity contribution < 1.29 is 18.7 Å². The second kappa shape index (κ2) is 10.9. The molecule has 8 heteroatoms. The Morgan fingerprint density at radius 1 is 1.11 bits per heavy atom. The van der Waals surface area contributed by atoms with Gasteiger partial charge in [-0.2, -0.15) is 0 Å². The number of pyridine rings is 1. The summed E-state index contributed by atoms with van der Waals surface area (Å²) in [7, 11) is 0. The van der Waals surface area contributed by atoms with Crippen LogP contribution >= 0.6 is 11.6 Å². The third-order valence-corrected chi connectivity index (χ3v) is 6.45. The van der Waals surface area contributed by atoms with Gasteiger partial charge < -0.3 is 14.8 Å². The van der Waals surface area contributed by atoms with E-state index >= 15 is 0 Å². The first kappa shape index (κ1) is 24.0. The van der Waals surface area contributed by atoms with Crippen LogP contribution in [0.25, 0.3) is 0 Å². The zero-order valence-corrected chi connectivity index (χ0v) is 20.1. The Morgan fingerprint density at radius 3 is 2.56 bits per heavy atom. The predicted molar refractivity (Wildman–Crippen MR) is 137 cm³/mol. The summed E-state index contributed by atoms with van der Waals surface area (Å²) in [4.78, 5) is 18.8. The highest BCUT2D eigenvalue weighted by molar-refractivity contribution is 6.30. The van der Waals surface area contributed by atoms with E-state index in [0.29, 0.717) is 35.3 Å². The number of nitrogens with zero attached hydrogens (tertiary/aromatic N) is 2. The van der Waals surface area contributed by atoms with Gasteiger partial charge in [0, 0.05) is 48.5 Å². The summed E-state index contributed by atoms with van der Waals surface area (Å²) in [6.07, 6.45) is 7.90. The molecule has 5 rings (SSSR count). The summed E-state index contributed by atoms with van der Waals surface area (Å²) < 4.78 is 25.9. The molecule has 2 aliphatic rings. The van der Waals surface area contributed by atoms with Crippen LogP contribution in [0.1, 0.15) is 12.0 Å². The smallest absolute Gasteiger partial charge is 0.415 e. The third kappa shape index (κ3) is 5.58. The molecule has 2 aromatic carbocycles. The van der Waals surface area contributed by atoms with Crippen LogP contribution in [-0.4, -0.2) is 29.8 Å². The molecule has 3 aromatic rings. The van der Waals surface area contributed by atoms with Crippen LogP contribution in [0, 0.1) is 5.92 Å². The molecule has 0 spiro atoms. The Balaban J connectivity index is 1.33. The first-order valence-corrected chi connectivity index (χ1v) is 12.1. The first-order chi connectivity index (χ1) is 17.6. The van der Waals surface area contributed by atoms with Gasteiger partial charge in [-0.05, 0) is 66.2 Å². The maximum atomic E-state index is 14.2. The minimum atomic E-state index is -0.459. The van der Waals surface area contributed by atoms with Gasteiger partial charge in [-0.25, -0.2) is 9.18 Å². The van der Waals surface area contributed by atoms with Gasteiger partial charge in [0.05, 0.1) is 6.04 Å². The Morgan fingerprint density at radius 2 is 1.86 bits per heavy atom. The van der Waals surface area contributed by atoms with E-state index in [1.165, 1.54) is 6.08 Å². The summed E-state index contributed by atoms with van der Waals surface area (Å²) in [6, 6.07) is 17.7. The number of carbonyl (C=O) groups is 1. The van der Waals surface area contributed by atoms with Crippen LogP contribution < -0.4 is 15.0 Å². The number of aromatic nitrogens is 1. The second-order valence-corrected chi connectivity index (χ2v) is 9.13. The van der Waals surface area contributed by atoms with Crippen molar-refractivity contribution >= 4 is 23.4 Å². The van der Waals surface area contributed by atoms with Crippen LogP contribution in [0.5, 0.6) is 11.5 Å². The number of rotatable bonds is 8. The number of nitrogens with one attached hydrogen (secondary N) is 1. The number of allylic oxidation sites excluding steroid dienone is 3. The highest BCUT2D eigenvalue weighted by Crippen LogP contribution is 2.37. The van der Waals surface area contributed by atoms with E-state index in [9.17, 15) is 9.18 Å². The number of halogens is 2. The molecule has 1 aromatic heterocycles. The molecule has 1 aliphatic heterocycles. The van der Waals surface area contributed by atoms with Crippen LogP contribution in [0.4, 0.5) is 14.9 Å². The molecule has 0 saturated carbocycles. The van der Waals surface area contributed by atoms with E-state index < -0.39 is 12.2 Å². The van der Waals surface area contributed by atoms with Gasteiger partial charge in [0.2, 0.25) is 0 Å². The summed E-state index contributed by atoms with van der Waals surface area (Å²) in [5.41, 5.74) is 1.68. The van der Waals surface area contributed by atoms with E-state index in [4.69, 9.17) is 21.1 Å². The Labute approximate surface area is 214 Å². The summed E-state index contributed by atoms with van der Waals surface area (Å²) in [6.45, 7) is 1.01. The van der Waals surface area contributed by atoms with Gasteiger partial charge in [0.1, 0.15) is 23.4 Å². The molecule has 184 valence electrons. The largest absolute Gasteiger partial charge is 0.457 e. The average Bonchev–Trinajstić information content (AvgIpc) is 3.22. The number of benzene rings is 2. The Hall–Kier alpha value is -3.68. The first-order valence-electron chi connectivity index (χ1n) is 11.7. The van der Waals surface area contributed by atoms with E-state index in [0.717, 1.165) is 5.56 Å². The molecule has 1 N–H and O–H groups in total. The molecule has 1 aliphatic carbocycles. The lowest BCUT2D eigenvalue weighted by Gasteiger charge is -2.31. The molecule has 1 saturated heterocycles. The minimum absolute atomic E-state index is 0.212. The lowest BCUT2D eigenvalue weighted by molar-refractivity contribution is 0.124. The number of hydrogen-bond acceptors (Lipinski definition) is 5. The third-order valence-electron chi connectivity index (χ3n) is 6.19. The van der Waals surface area contributed by atoms with Crippen molar-refractivity contribution in [3.63, 3.8) is 0 Å². The van der Waals surface area contributed by atoms with E-state index in [1.807, 2.05) is 30.3 Å². The number of ether oxygens (including phenoxy) is 2. The SMILES string of the molecule is O=C1O[C@@H](CNCc2cccnc2)[C@H](C2C=CC=C(F)C2)N1c1ccc(Oc2ccc(Cl)cc2)cc1. The van der Waals surface area contributed by atoms with Gasteiger partial charge in [-0.3, -0.25) is 9.88 Å². The molecule has 2 heterocycles. The second-order valence-electron chi connectivity index (χ2n) is 8.69. The van der Waals surface area contributed by atoms with Gasteiger partial charge in [0.15, 0.2) is 0 Å². The average molecular weight is 506 g/mol. The van der Waals surface area contributed by atoms with Gasteiger partial charge in [0.25, 0.3) is 0 Å². The lowest BCUT2D eigenvalue weighted by atomic mass is 9.87. The van der Waals surface area contributed by atoms with Gasteiger partial charge in [-0.15, -0.1) is 0 Å². The van der Waals surface area contributed by atoms with Crippen LogP contribution in [0.15, 0.2) is 97.1 Å². The van der Waals surface area contributed by atoms with Crippen LogP contribution in [0.3, 0.4) is 0 Å². The molecule has 0 radical (unpaired) electrons. The van der Waals surface area contributed by atoms with Crippen molar-refractivity contribution in [2.45, 2.75) is 25.1 Å².